The summed E-state index contributed by atoms with van der Waals surface area (Å²) in [6.07, 6.45) is 3.35. The second-order valence-corrected chi connectivity index (χ2v) is 9.22. The smallest absolute Gasteiger partial charge is 0.193 e. The number of rotatable bonds is 6. The molecule has 1 unspecified atom stereocenters. The van der Waals surface area contributed by atoms with Gasteiger partial charge in [-0.3, -0.25) is 9.89 Å². The summed E-state index contributed by atoms with van der Waals surface area (Å²) in [4.78, 5) is 10.7. The van der Waals surface area contributed by atoms with Crippen molar-refractivity contribution in [3.8, 4) is 0 Å². The van der Waals surface area contributed by atoms with Crippen LogP contribution in [0.25, 0.3) is 0 Å². The van der Waals surface area contributed by atoms with Gasteiger partial charge in [0.15, 0.2) is 5.96 Å². The second-order valence-electron chi connectivity index (χ2n) is 7.23. The molecule has 0 aromatic heterocycles. The maximum Gasteiger partial charge on any atom is 0.193 e. The van der Waals surface area contributed by atoms with Gasteiger partial charge in [-0.1, -0.05) is 12.1 Å². The summed E-state index contributed by atoms with van der Waals surface area (Å²) in [5.41, 5.74) is 1.53. The van der Waals surface area contributed by atoms with Gasteiger partial charge in [0, 0.05) is 56.5 Å². The van der Waals surface area contributed by atoms with Gasteiger partial charge in [-0.25, -0.2) is 0 Å². The fraction of sp³-hybridized carbons (Fsp3) is 0.650. The molecule has 1 atom stereocenters. The number of morpholine rings is 1. The van der Waals surface area contributed by atoms with Crippen molar-refractivity contribution >= 4 is 29.5 Å². The summed E-state index contributed by atoms with van der Waals surface area (Å²) >= 11 is 3.85. The molecule has 5 nitrogen and oxygen atoms in total. The van der Waals surface area contributed by atoms with Crippen LogP contribution in [0.3, 0.4) is 0 Å². The van der Waals surface area contributed by atoms with Gasteiger partial charge in [0.2, 0.25) is 0 Å². The van der Waals surface area contributed by atoms with Crippen LogP contribution in [0.15, 0.2) is 34.2 Å². The molecule has 0 bridgehead atoms. The molecular weight excluding hydrogens is 376 g/mol. The molecule has 1 N–H and O–H groups in total. The number of guanidine groups is 1. The van der Waals surface area contributed by atoms with Gasteiger partial charge < -0.3 is 15.0 Å². The third-order valence-corrected chi connectivity index (χ3v) is 7.47. The Morgan fingerprint density at radius 3 is 2.67 bits per heavy atom. The van der Waals surface area contributed by atoms with Gasteiger partial charge in [0.25, 0.3) is 0 Å². The van der Waals surface area contributed by atoms with Crippen molar-refractivity contribution in [2.24, 2.45) is 4.99 Å². The number of nitrogens with zero attached hydrogens (tertiary/aromatic N) is 3. The van der Waals surface area contributed by atoms with Crippen LogP contribution >= 0.6 is 23.5 Å². The molecule has 2 heterocycles. The average Bonchev–Trinajstić information content (AvgIpc) is 3.20. The molecule has 0 amide bonds. The monoisotopic (exact) mass is 408 g/mol. The van der Waals surface area contributed by atoms with E-state index in [1.807, 2.05) is 7.05 Å². The third-order valence-electron chi connectivity index (χ3n) is 5.49. The van der Waals surface area contributed by atoms with Crippen LogP contribution in [-0.4, -0.2) is 86.0 Å². The Hall–Kier alpha value is -0.890. The normalized spacial score (nSPS) is 24.2. The minimum Gasteiger partial charge on any atom is -0.379 e. The largest absolute Gasteiger partial charge is 0.379 e. The molecule has 2 saturated heterocycles. The summed E-state index contributed by atoms with van der Waals surface area (Å²) in [5.74, 6) is 3.40. The van der Waals surface area contributed by atoms with Gasteiger partial charge in [0.05, 0.1) is 13.2 Å². The Bertz CT molecular complexity index is 611. The Morgan fingerprint density at radius 1 is 1.33 bits per heavy atom. The highest BCUT2D eigenvalue weighted by atomic mass is 32.2. The summed E-state index contributed by atoms with van der Waals surface area (Å²) < 4.78 is 5.57. The molecule has 1 aromatic rings. The van der Waals surface area contributed by atoms with Crippen molar-refractivity contribution in [2.45, 2.75) is 23.4 Å². The van der Waals surface area contributed by atoms with E-state index in [0.29, 0.717) is 0 Å². The van der Waals surface area contributed by atoms with Crippen LogP contribution in [0.1, 0.15) is 12.0 Å². The van der Waals surface area contributed by atoms with E-state index in [1.165, 1.54) is 28.4 Å². The number of ether oxygens (including phenoxy) is 1. The molecule has 27 heavy (non-hydrogen) atoms. The van der Waals surface area contributed by atoms with E-state index in [4.69, 9.17) is 4.74 Å². The van der Waals surface area contributed by atoms with E-state index in [1.54, 1.807) is 11.8 Å². The zero-order valence-corrected chi connectivity index (χ0v) is 18.4. The van der Waals surface area contributed by atoms with Crippen molar-refractivity contribution in [1.82, 2.24) is 15.1 Å². The Morgan fingerprint density at radius 2 is 2.07 bits per heavy atom. The maximum atomic E-state index is 5.57. The van der Waals surface area contributed by atoms with Crippen molar-refractivity contribution in [3.05, 3.63) is 29.8 Å². The highest BCUT2D eigenvalue weighted by Crippen LogP contribution is 2.33. The number of benzene rings is 1. The van der Waals surface area contributed by atoms with E-state index in [9.17, 15) is 0 Å². The van der Waals surface area contributed by atoms with Crippen molar-refractivity contribution in [1.29, 1.82) is 0 Å². The summed E-state index contributed by atoms with van der Waals surface area (Å²) in [6.45, 7) is 5.59. The maximum absolute atomic E-state index is 5.57. The number of hydrogen-bond donors (Lipinski definition) is 1. The molecule has 3 rings (SSSR count). The minimum atomic E-state index is 0.227. The lowest BCUT2D eigenvalue weighted by molar-refractivity contribution is -0.0121. The first-order valence-corrected chi connectivity index (χ1v) is 12.0. The zero-order chi connectivity index (χ0) is 19.1. The summed E-state index contributed by atoms with van der Waals surface area (Å²) in [6, 6.07) is 8.79. The molecule has 2 aliphatic rings. The molecule has 0 spiro atoms. The van der Waals surface area contributed by atoms with Gasteiger partial charge in [-0.2, -0.15) is 11.8 Å². The van der Waals surface area contributed by atoms with Crippen molar-refractivity contribution in [2.75, 3.05) is 64.7 Å². The minimum absolute atomic E-state index is 0.227. The van der Waals surface area contributed by atoms with Crippen LogP contribution in [-0.2, 0) is 11.3 Å². The Balaban J connectivity index is 1.59. The van der Waals surface area contributed by atoms with E-state index in [-0.39, 0.29) is 5.54 Å². The number of nitrogens with one attached hydrogen (secondary N) is 1. The van der Waals surface area contributed by atoms with Crippen LogP contribution in [0.4, 0.5) is 0 Å². The zero-order valence-electron chi connectivity index (χ0n) is 16.7. The van der Waals surface area contributed by atoms with Gasteiger partial charge in [0.1, 0.15) is 0 Å². The van der Waals surface area contributed by atoms with Crippen LogP contribution in [0.5, 0.6) is 0 Å². The van der Waals surface area contributed by atoms with E-state index >= 15 is 0 Å². The molecule has 0 radical (unpaired) electrons. The SMILES string of the molecule is CN=C(NCC1(N2CCOCC2)CCSC1)N(C)Cc1ccc(SC)cc1. The predicted octanol–water partition coefficient (Wildman–Crippen LogP) is 2.62. The Labute approximate surface area is 172 Å². The van der Waals surface area contributed by atoms with Crippen molar-refractivity contribution in [3.63, 3.8) is 0 Å². The van der Waals surface area contributed by atoms with E-state index in [2.05, 4.69) is 69.4 Å². The molecule has 150 valence electrons. The second kappa shape index (κ2) is 10.0. The van der Waals surface area contributed by atoms with Gasteiger partial charge >= 0.3 is 0 Å². The lowest BCUT2D eigenvalue weighted by Gasteiger charge is -2.43. The molecule has 1 aromatic carbocycles. The van der Waals surface area contributed by atoms with E-state index in [0.717, 1.165) is 45.4 Å². The highest BCUT2D eigenvalue weighted by molar-refractivity contribution is 7.99. The summed E-state index contributed by atoms with van der Waals surface area (Å²) in [5, 5.41) is 3.67. The standard InChI is InChI=1S/C20H32N4OS2/c1-21-19(23(2)14-17-4-6-18(26-3)7-5-17)22-15-20(8-13-27-16-20)24-9-11-25-12-10-24/h4-7H,8-16H2,1-3H3,(H,21,22). The predicted molar refractivity (Wildman–Crippen MR) is 118 cm³/mol. The van der Waals surface area contributed by atoms with Crippen LogP contribution in [0, 0.1) is 0 Å². The molecular formula is C20H32N4OS2. The number of hydrogen-bond acceptors (Lipinski definition) is 5. The molecule has 2 aliphatic heterocycles. The van der Waals surface area contributed by atoms with Crippen LogP contribution < -0.4 is 5.32 Å². The number of thioether (sulfide) groups is 2. The topological polar surface area (TPSA) is 40.1 Å². The fourth-order valence-corrected chi connectivity index (χ4v) is 5.73. The molecule has 2 fully saturated rings. The molecule has 0 saturated carbocycles. The summed E-state index contributed by atoms with van der Waals surface area (Å²) in [7, 11) is 3.99. The lowest BCUT2D eigenvalue weighted by Crippen LogP contribution is -2.60. The van der Waals surface area contributed by atoms with Crippen LogP contribution in [0.2, 0.25) is 0 Å². The molecule has 7 heteroatoms. The fourth-order valence-electron chi connectivity index (χ4n) is 3.84. The average molecular weight is 409 g/mol. The quantitative estimate of drug-likeness (QED) is 0.443. The third kappa shape index (κ3) is 5.34. The van der Waals surface area contributed by atoms with Gasteiger partial charge in [-0.05, 0) is 36.1 Å². The molecule has 0 aliphatic carbocycles. The van der Waals surface area contributed by atoms with E-state index < -0.39 is 0 Å². The number of aliphatic imine (C=N–C) groups is 1. The van der Waals surface area contributed by atoms with Gasteiger partial charge in [-0.15, -0.1) is 11.8 Å². The Kier molecular flexibility index (Phi) is 7.75. The van der Waals surface area contributed by atoms with Crippen molar-refractivity contribution < 1.29 is 4.74 Å². The highest BCUT2D eigenvalue weighted by Gasteiger charge is 2.40. The lowest BCUT2D eigenvalue weighted by atomic mass is 9.95. The first-order chi connectivity index (χ1) is 13.2. The first-order valence-electron chi connectivity index (χ1n) is 9.62. The first kappa shape index (κ1) is 20.8.